The standard InChI is InChI=1S/C8H15N3O2.C7H11NO3.CH4O/c1-11-5-6(4-7(11)12)8(13)10-3-2-9;1-8-4-5(3-6(8)9)7(10)11-2;1-2/h6H,2-5,9H2,1H3,(H,10,13);5H,3-4H2,1-2H3;2H,1H3. The average molecular weight is 374 g/mol. The number of hydrogen-bond donors (Lipinski definition) is 3. The first kappa shape index (κ1) is 23.8. The molecule has 0 saturated carbocycles. The lowest BCUT2D eigenvalue weighted by Crippen LogP contribution is -2.35. The second-order valence-electron chi connectivity index (χ2n) is 5.95. The predicted octanol–water partition coefficient (Wildman–Crippen LogP) is -2.21. The first-order chi connectivity index (χ1) is 12.3. The molecule has 0 aliphatic carbocycles. The minimum Gasteiger partial charge on any atom is -0.469 e. The molecule has 0 aromatic rings. The van der Waals surface area contributed by atoms with Crippen LogP contribution in [0.5, 0.6) is 0 Å². The Kier molecular flexibility index (Phi) is 11.2. The summed E-state index contributed by atoms with van der Waals surface area (Å²) in [5.41, 5.74) is 5.24. The van der Waals surface area contributed by atoms with Gasteiger partial charge < -0.3 is 30.7 Å². The fraction of sp³-hybridized carbons (Fsp3) is 0.750. The van der Waals surface area contributed by atoms with Crippen molar-refractivity contribution >= 4 is 23.7 Å². The molecule has 0 aromatic heterocycles. The van der Waals surface area contributed by atoms with Crippen molar-refractivity contribution in [2.45, 2.75) is 12.8 Å². The zero-order valence-corrected chi connectivity index (χ0v) is 15.9. The predicted molar refractivity (Wildman–Crippen MR) is 93.7 cm³/mol. The molecule has 2 saturated heterocycles. The van der Waals surface area contributed by atoms with E-state index in [4.69, 9.17) is 10.8 Å². The van der Waals surface area contributed by atoms with Crippen LogP contribution in [0, 0.1) is 11.8 Å². The number of aliphatic hydroxyl groups is 1. The molecule has 10 nitrogen and oxygen atoms in total. The van der Waals surface area contributed by atoms with Gasteiger partial charge in [-0.15, -0.1) is 0 Å². The third kappa shape index (κ3) is 7.36. The van der Waals surface area contributed by atoms with Crippen LogP contribution in [0.4, 0.5) is 0 Å². The van der Waals surface area contributed by atoms with E-state index in [0.717, 1.165) is 7.11 Å². The molecule has 26 heavy (non-hydrogen) atoms. The maximum atomic E-state index is 11.3. The van der Waals surface area contributed by atoms with Gasteiger partial charge in [-0.25, -0.2) is 0 Å². The molecular formula is C16H30N4O6. The third-order valence-corrected chi connectivity index (χ3v) is 4.03. The van der Waals surface area contributed by atoms with E-state index < -0.39 is 0 Å². The van der Waals surface area contributed by atoms with E-state index in [9.17, 15) is 19.2 Å². The maximum absolute atomic E-state index is 11.3. The lowest BCUT2D eigenvalue weighted by Gasteiger charge is -2.09. The quantitative estimate of drug-likeness (QED) is 0.473. The van der Waals surface area contributed by atoms with Crippen LogP contribution in [0.2, 0.25) is 0 Å². The SMILES string of the molecule is CN1CC(C(=O)NCCN)CC1=O.CO.COC(=O)C1CC(=O)N(C)C1. The van der Waals surface area contributed by atoms with Gasteiger partial charge in [0.1, 0.15) is 0 Å². The van der Waals surface area contributed by atoms with E-state index in [1.807, 2.05) is 0 Å². The molecular weight excluding hydrogens is 344 g/mol. The Hall–Kier alpha value is -2.20. The van der Waals surface area contributed by atoms with Crippen molar-refractivity contribution in [3.63, 3.8) is 0 Å². The van der Waals surface area contributed by atoms with Gasteiger partial charge in [0, 0.05) is 60.2 Å². The first-order valence-corrected chi connectivity index (χ1v) is 8.28. The molecule has 3 amide bonds. The topological polar surface area (TPSA) is 142 Å². The highest BCUT2D eigenvalue weighted by Gasteiger charge is 2.33. The van der Waals surface area contributed by atoms with Crippen LogP contribution in [0.1, 0.15) is 12.8 Å². The number of carbonyl (C=O) groups is 4. The zero-order valence-electron chi connectivity index (χ0n) is 15.9. The van der Waals surface area contributed by atoms with Gasteiger partial charge >= 0.3 is 5.97 Å². The molecule has 2 unspecified atom stereocenters. The highest BCUT2D eigenvalue weighted by Crippen LogP contribution is 2.16. The van der Waals surface area contributed by atoms with Crippen molar-refractivity contribution < 1.29 is 29.0 Å². The summed E-state index contributed by atoms with van der Waals surface area (Å²) in [5, 5.41) is 9.67. The van der Waals surface area contributed by atoms with Crippen LogP contribution in [0.25, 0.3) is 0 Å². The second kappa shape index (κ2) is 12.2. The van der Waals surface area contributed by atoms with Crippen LogP contribution in [0.15, 0.2) is 0 Å². The van der Waals surface area contributed by atoms with E-state index in [2.05, 4.69) is 10.1 Å². The molecule has 10 heteroatoms. The summed E-state index contributed by atoms with van der Waals surface area (Å²) < 4.78 is 4.51. The van der Waals surface area contributed by atoms with Crippen LogP contribution >= 0.6 is 0 Å². The number of esters is 1. The van der Waals surface area contributed by atoms with Crippen LogP contribution in [-0.2, 0) is 23.9 Å². The van der Waals surface area contributed by atoms with Crippen molar-refractivity contribution in [3.05, 3.63) is 0 Å². The van der Waals surface area contributed by atoms with Gasteiger partial charge in [-0.1, -0.05) is 0 Å². The Morgan fingerprint density at radius 2 is 1.58 bits per heavy atom. The molecule has 4 N–H and O–H groups in total. The number of aliphatic hydroxyl groups excluding tert-OH is 1. The molecule has 0 aromatic carbocycles. The normalized spacial score (nSPS) is 21.5. The summed E-state index contributed by atoms with van der Waals surface area (Å²) in [6, 6.07) is 0. The van der Waals surface area contributed by atoms with E-state index in [0.29, 0.717) is 39.0 Å². The van der Waals surface area contributed by atoms with E-state index in [-0.39, 0.29) is 35.5 Å². The Labute approximate surface area is 153 Å². The Morgan fingerprint density at radius 1 is 1.12 bits per heavy atom. The number of likely N-dealkylation sites (tertiary alicyclic amines) is 2. The summed E-state index contributed by atoms with van der Waals surface area (Å²) in [5.74, 6) is -0.749. The van der Waals surface area contributed by atoms with Crippen molar-refractivity contribution in [1.82, 2.24) is 15.1 Å². The lowest BCUT2D eigenvalue weighted by atomic mass is 10.1. The lowest BCUT2D eigenvalue weighted by molar-refractivity contribution is -0.145. The highest BCUT2D eigenvalue weighted by molar-refractivity contribution is 5.89. The Morgan fingerprint density at radius 3 is 1.92 bits per heavy atom. The van der Waals surface area contributed by atoms with Gasteiger partial charge in [-0.2, -0.15) is 0 Å². The number of amides is 3. The molecule has 2 rings (SSSR count). The van der Waals surface area contributed by atoms with Gasteiger partial charge in [-0.3, -0.25) is 19.2 Å². The molecule has 2 heterocycles. The summed E-state index contributed by atoms with van der Waals surface area (Å²) in [4.78, 5) is 47.4. The van der Waals surface area contributed by atoms with E-state index >= 15 is 0 Å². The molecule has 2 aliphatic heterocycles. The molecule has 2 atom stereocenters. The monoisotopic (exact) mass is 374 g/mol. The molecule has 0 spiro atoms. The first-order valence-electron chi connectivity index (χ1n) is 8.28. The third-order valence-electron chi connectivity index (χ3n) is 4.03. The second-order valence-corrected chi connectivity index (χ2v) is 5.95. The number of nitrogens with two attached hydrogens (primary N) is 1. The Balaban J connectivity index is 0.000000444. The largest absolute Gasteiger partial charge is 0.469 e. The summed E-state index contributed by atoms with van der Waals surface area (Å²) in [6.07, 6.45) is 0.621. The van der Waals surface area contributed by atoms with Crippen LogP contribution < -0.4 is 11.1 Å². The van der Waals surface area contributed by atoms with Crippen molar-refractivity contribution in [1.29, 1.82) is 0 Å². The molecule has 2 fully saturated rings. The smallest absolute Gasteiger partial charge is 0.310 e. The molecule has 0 bridgehead atoms. The zero-order chi connectivity index (χ0) is 20.3. The minimum atomic E-state index is -0.289. The molecule has 0 radical (unpaired) electrons. The van der Waals surface area contributed by atoms with Gasteiger partial charge in [-0.05, 0) is 0 Å². The van der Waals surface area contributed by atoms with Gasteiger partial charge in [0.15, 0.2) is 0 Å². The average Bonchev–Trinajstić information content (AvgIpc) is 3.16. The van der Waals surface area contributed by atoms with Crippen molar-refractivity contribution in [2.75, 3.05) is 54.5 Å². The summed E-state index contributed by atoms with van der Waals surface area (Å²) in [6.45, 7) is 1.93. The molecule has 2 aliphatic rings. The van der Waals surface area contributed by atoms with Gasteiger partial charge in [0.05, 0.1) is 18.9 Å². The number of hydrogen-bond acceptors (Lipinski definition) is 7. The molecule has 150 valence electrons. The van der Waals surface area contributed by atoms with Crippen molar-refractivity contribution in [3.8, 4) is 0 Å². The number of nitrogens with zero attached hydrogens (tertiary/aromatic N) is 2. The van der Waals surface area contributed by atoms with Crippen molar-refractivity contribution in [2.24, 2.45) is 17.6 Å². The minimum absolute atomic E-state index is 0.0143. The number of methoxy groups -OCH3 is 1. The number of ether oxygens (including phenoxy) is 1. The summed E-state index contributed by atoms with van der Waals surface area (Å²) in [7, 11) is 5.73. The maximum Gasteiger partial charge on any atom is 0.310 e. The number of carbonyl (C=O) groups excluding carboxylic acids is 4. The van der Waals surface area contributed by atoms with Gasteiger partial charge in [0.25, 0.3) is 0 Å². The van der Waals surface area contributed by atoms with E-state index in [1.54, 1.807) is 23.9 Å². The highest BCUT2D eigenvalue weighted by atomic mass is 16.5. The number of rotatable bonds is 4. The fourth-order valence-corrected chi connectivity index (χ4v) is 2.57. The van der Waals surface area contributed by atoms with Crippen LogP contribution in [-0.4, -0.2) is 93.1 Å². The van der Waals surface area contributed by atoms with E-state index in [1.165, 1.54) is 7.11 Å². The van der Waals surface area contributed by atoms with Crippen LogP contribution in [0.3, 0.4) is 0 Å². The Bertz CT molecular complexity index is 499. The fourth-order valence-electron chi connectivity index (χ4n) is 2.57. The van der Waals surface area contributed by atoms with Gasteiger partial charge in [0.2, 0.25) is 17.7 Å². The summed E-state index contributed by atoms with van der Waals surface area (Å²) >= 11 is 0. The number of nitrogens with one attached hydrogen (secondary N) is 1.